The molecule has 202 valence electrons. The lowest BCUT2D eigenvalue weighted by atomic mass is 9.99. The van der Waals surface area contributed by atoms with E-state index >= 15 is 0 Å². The molecule has 2 aromatic heterocycles. The Bertz CT molecular complexity index is 1190. The minimum Gasteiger partial charge on any atom is -0.364 e. The first-order chi connectivity index (χ1) is 18.4. The molecule has 0 unspecified atom stereocenters. The van der Waals surface area contributed by atoms with Crippen LogP contribution in [0.5, 0.6) is 0 Å². The number of anilines is 1. The van der Waals surface area contributed by atoms with Crippen molar-refractivity contribution in [1.82, 2.24) is 25.2 Å². The summed E-state index contributed by atoms with van der Waals surface area (Å²) >= 11 is 1.78. The highest BCUT2D eigenvalue weighted by molar-refractivity contribution is 7.98. The number of piperidine rings is 1. The number of nitrogens with zero attached hydrogens (tertiary/aromatic N) is 5. The molecule has 3 aromatic rings. The SMILES string of the molecule is CSc1ccc(N(Cc2cnccc2C)C2CCN([C@H](C)CCNC(=O)c3c(C)ncnc3C)CC2)cc1. The highest BCUT2D eigenvalue weighted by atomic mass is 32.2. The monoisotopic (exact) mass is 532 g/mol. The van der Waals surface area contributed by atoms with Gasteiger partial charge in [-0.1, -0.05) is 0 Å². The molecule has 3 heterocycles. The Morgan fingerprint density at radius 2 is 1.79 bits per heavy atom. The van der Waals surface area contributed by atoms with Crippen LogP contribution in [0.15, 0.2) is 53.9 Å². The second-order valence-electron chi connectivity index (χ2n) is 10.2. The predicted octanol–water partition coefficient (Wildman–Crippen LogP) is 5.20. The number of benzene rings is 1. The molecule has 7 nitrogen and oxygen atoms in total. The van der Waals surface area contributed by atoms with Gasteiger partial charge in [-0.05, 0) is 94.7 Å². The molecule has 1 atom stereocenters. The second kappa shape index (κ2) is 13.2. The van der Waals surface area contributed by atoms with Crippen molar-refractivity contribution in [3.05, 3.63) is 77.1 Å². The van der Waals surface area contributed by atoms with Crippen LogP contribution in [0.25, 0.3) is 0 Å². The van der Waals surface area contributed by atoms with E-state index in [0.29, 0.717) is 24.2 Å². The first-order valence-electron chi connectivity index (χ1n) is 13.5. The zero-order valence-electron chi connectivity index (χ0n) is 23.3. The van der Waals surface area contributed by atoms with Crippen LogP contribution in [0.4, 0.5) is 5.69 Å². The van der Waals surface area contributed by atoms with Gasteiger partial charge in [-0.15, -0.1) is 11.8 Å². The average Bonchev–Trinajstić information content (AvgIpc) is 2.93. The van der Waals surface area contributed by atoms with Crippen LogP contribution in [0.1, 0.15) is 59.1 Å². The van der Waals surface area contributed by atoms with Crippen molar-refractivity contribution in [3.63, 3.8) is 0 Å². The minimum atomic E-state index is -0.0830. The molecule has 1 N–H and O–H groups in total. The zero-order valence-corrected chi connectivity index (χ0v) is 24.1. The van der Waals surface area contributed by atoms with Crippen LogP contribution in [0.2, 0.25) is 0 Å². The van der Waals surface area contributed by atoms with E-state index in [-0.39, 0.29) is 5.91 Å². The number of pyridine rings is 1. The first kappa shape index (κ1) is 28.0. The molecule has 1 aliphatic rings. The third-order valence-corrected chi connectivity index (χ3v) is 8.50. The van der Waals surface area contributed by atoms with E-state index in [4.69, 9.17) is 0 Å². The molecule has 0 saturated carbocycles. The van der Waals surface area contributed by atoms with Crippen molar-refractivity contribution < 1.29 is 4.79 Å². The van der Waals surface area contributed by atoms with Gasteiger partial charge in [0.1, 0.15) is 6.33 Å². The zero-order chi connectivity index (χ0) is 27.1. The van der Waals surface area contributed by atoms with Gasteiger partial charge in [-0.25, -0.2) is 9.97 Å². The van der Waals surface area contributed by atoms with E-state index in [1.807, 2.05) is 26.2 Å². The molecule has 1 fully saturated rings. The van der Waals surface area contributed by atoms with Crippen molar-refractivity contribution in [2.75, 3.05) is 30.8 Å². The molecule has 38 heavy (non-hydrogen) atoms. The molecule has 1 saturated heterocycles. The van der Waals surface area contributed by atoms with Gasteiger partial charge in [0.05, 0.1) is 17.0 Å². The number of nitrogens with one attached hydrogen (secondary N) is 1. The van der Waals surface area contributed by atoms with E-state index in [1.54, 1.807) is 11.8 Å². The van der Waals surface area contributed by atoms with E-state index in [1.165, 1.54) is 28.0 Å². The Labute approximate surface area is 231 Å². The Morgan fingerprint density at radius 3 is 2.42 bits per heavy atom. The van der Waals surface area contributed by atoms with Gasteiger partial charge in [0, 0.05) is 61.2 Å². The van der Waals surface area contributed by atoms with Crippen molar-refractivity contribution in [1.29, 1.82) is 0 Å². The fourth-order valence-electron chi connectivity index (χ4n) is 5.28. The van der Waals surface area contributed by atoms with Crippen LogP contribution in [0.3, 0.4) is 0 Å². The van der Waals surface area contributed by atoms with Crippen LogP contribution >= 0.6 is 11.8 Å². The molecule has 8 heteroatoms. The largest absolute Gasteiger partial charge is 0.364 e. The summed E-state index contributed by atoms with van der Waals surface area (Å²) in [5.74, 6) is -0.0830. The number of amides is 1. The number of likely N-dealkylation sites (tertiary alicyclic amines) is 1. The van der Waals surface area contributed by atoms with Gasteiger partial charge in [-0.2, -0.15) is 0 Å². The lowest BCUT2D eigenvalue weighted by Crippen LogP contribution is -2.48. The molecule has 0 spiro atoms. The number of hydrogen-bond donors (Lipinski definition) is 1. The summed E-state index contributed by atoms with van der Waals surface area (Å²) in [6.07, 6.45) is 10.6. The normalized spacial score (nSPS) is 15.3. The van der Waals surface area contributed by atoms with Gasteiger partial charge >= 0.3 is 0 Å². The number of thioether (sulfide) groups is 1. The predicted molar refractivity (Wildman–Crippen MR) is 156 cm³/mol. The van der Waals surface area contributed by atoms with Crippen molar-refractivity contribution in [3.8, 4) is 0 Å². The topological polar surface area (TPSA) is 74.2 Å². The maximum Gasteiger partial charge on any atom is 0.254 e. The van der Waals surface area contributed by atoms with Crippen LogP contribution < -0.4 is 10.2 Å². The summed E-state index contributed by atoms with van der Waals surface area (Å²) in [5.41, 5.74) is 5.87. The molecule has 0 bridgehead atoms. The molecule has 1 amide bonds. The number of carbonyl (C=O) groups is 1. The van der Waals surface area contributed by atoms with Crippen LogP contribution in [-0.4, -0.2) is 63.7 Å². The highest BCUT2D eigenvalue weighted by Gasteiger charge is 2.27. The van der Waals surface area contributed by atoms with Gasteiger partial charge in [0.25, 0.3) is 5.91 Å². The number of aromatic nitrogens is 3. The van der Waals surface area contributed by atoms with E-state index in [0.717, 1.165) is 50.3 Å². The fourth-order valence-corrected chi connectivity index (χ4v) is 5.68. The van der Waals surface area contributed by atoms with E-state index in [2.05, 4.69) is 80.5 Å². The summed E-state index contributed by atoms with van der Waals surface area (Å²) in [6.45, 7) is 11.8. The molecular formula is C30H40N6OS. The maximum atomic E-state index is 12.7. The summed E-state index contributed by atoms with van der Waals surface area (Å²) in [7, 11) is 0. The third-order valence-electron chi connectivity index (χ3n) is 7.76. The minimum absolute atomic E-state index is 0.0830. The number of aryl methyl sites for hydroxylation is 3. The number of carbonyl (C=O) groups excluding carboxylic acids is 1. The smallest absolute Gasteiger partial charge is 0.254 e. The van der Waals surface area contributed by atoms with Crippen molar-refractivity contribution >= 4 is 23.4 Å². The Kier molecular flexibility index (Phi) is 9.74. The van der Waals surface area contributed by atoms with E-state index in [9.17, 15) is 4.79 Å². The second-order valence-corrected chi connectivity index (χ2v) is 11.1. The molecule has 4 rings (SSSR count). The fraction of sp³-hybridized carbons (Fsp3) is 0.467. The molecule has 0 aliphatic carbocycles. The maximum absolute atomic E-state index is 12.7. The van der Waals surface area contributed by atoms with Gasteiger partial charge < -0.3 is 15.1 Å². The Hall–Kier alpha value is -2.97. The lowest BCUT2D eigenvalue weighted by Gasteiger charge is -2.42. The number of rotatable bonds is 10. The van der Waals surface area contributed by atoms with E-state index < -0.39 is 0 Å². The highest BCUT2D eigenvalue weighted by Crippen LogP contribution is 2.29. The summed E-state index contributed by atoms with van der Waals surface area (Å²) in [6, 6.07) is 11.9. The molecule has 1 aliphatic heterocycles. The first-order valence-corrected chi connectivity index (χ1v) is 14.7. The average molecular weight is 533 g/mol. The molecule has 1 aromatic carbocycles. The van der Waals surface area contributed by atoms with Gasteiger partial charge in [0.2, 0.25) is 0 Å². The standard InChI is InChI=1S/C30H40N6OS/c1-21-10-14-31-18-25(21)19-36(26-6-8-28(38-5)9-7-26)27-12-16-35(17-13-27)22(2)11-15-32-30(37)29-23(3)33-20-34-24(29)4/h6-10,14,18,20,22,27H,11-13,15-17,19H2,1-5H3,(H,32,37)/t22-/m1/s1. The Balaban J connectivity index is 1.34. The van der Waals surface area contributed by atoms with Crippen molar-refractivity contribution in [2.24, 2.45) is 0 Å². The van der Waals surface area contributed by atoms with Crippen LogP contribution in [0, 0.1) is 20.8 Å². The Morgan fingerprint density at radius 1 is 1.11 bits per heavy atom. The quantitative estimate of drug-likeness (QED) is 0.360. The number of hydrogen-bond acceptors (Lipinski definition) is 7. The van der Waals surface area contributed by atoms with Crippen molar-refractivity contribution in [2.45, 2.75) is 70.5 Å². The van der Waals surface area contributed by atoms with Gasteiger partial charge in [-0.3, -0.25) is 9.78 Å². The summed E-state index contributed by atoms with van der Waals surface area (Å²) in [5, 5.41) is 3.08. The summed E-state index contributed by atoms with van der Waals surface area (Å²) < 4.78 is 0. The molecular weight excluding hydrogens is 492 g/mol. The van der Waals surface area contributed by atoms with Crippen LogP contribution in [-0.2, 0) is 6.54 Å². The third kappa shape index (κ3) is 6.91. The van der Waals surface area contributed by atoms with Gasteiger partial charge in [0.15, 0.2) is 0 Å². The molecule has 0 radical (unpaired) electrons. The summed E-state index contributed by atoms with van der Waals surface area (Å²) in [4.78, 5) is 31.9. The lowest BCUT2D eigenvalue weighted by molar-refractivity contribution is 0.0943.